The monoisotopic (exact) mass is 259 g/mol. The van der Waals surface area contributed by atoms with Gasteiger partial charge in [0.2, 0.25) is 5.91 Å². The van der Waals surface area contributed by atoms with E-state index < -0.39 is 39.4 Å². The van der Waals surface area contributed by atoms with Crippen LogP contribution in [0.1, 0.15) is 21.5 Å². The number of nitro groups is 1. The molecule has 0 unspecified atom stereocenters. The summed E-state index contributed by atoms with van der Waals surface area (Å²) in [6.07, 6.45) is -5.01. The van der Waals surface area contributed by atoms with Crippen LogP contribution in [-0.2, 0) is 6.18 Å². The Balaban J connectivity index is 3.70. The molecular formula is C9H4F3N3O3. The highest BCUT2D eigenvalue weighted by molar-refractivity contribution is 5.96. The molecule has 0 spiro atoms. The molecule has 0 radical (unpaired) electrons. The molecule has 1 amide bonds. The summed E-state index contributed by atoms with van der Waals surface area (Å²) < 4.78 is 37.6. The lowest BCUT2D eigenvalue weighted by atomic mass is 10.0. The fourth-order valence-electron chi connectivity index (χ4n) is 1.26. The first-order valence-corrected chi connectivity index (χ1v) is 4.28. The average Bonchev–Trinajstić information content (AvgIpc) is 2.25. The van der Waals surface area contributed by atoms with Gasteiger partial charge in [0.15, 0.2) is 0 Å². The van der Waals surface area contributed by atoms with Crippen LogP contribution in [0.25, 0.3) is 0 Å². The topological polar surface area (TPSA) is 110 Å². The maximum Gasteiger partial charge on any atom is 0.423 e. The molecule has 0 heterocycles. The number of carbonyl (C=O) groups excluding carboxylic acids is 1. The van der Waals surface area contributed by atoms with Crippen molar-refractivity contribution in [2.75, 3.05) is 0 Å². The van der Waals surface area contributed by atoms with E-state index in [1.165, 1.54) is 6.07 Å². The van der Waals surface area contributed by atoms with E-state index >= 15 is 0 Å². The minimum Gasteiger partial charge on any atom is -0.366 e. The fourth-order valence-corrected chi connectivity index (χ4v) is 1.26. The predicted octanol–water partition coefficient (Wildman–Crippen LogP) is 1.58. The van der Waals surface area contributed by atoms with Gasteiger partial charge >= 0.3 is 6.18 Å². The average molecular weight is 259 g/mol. The molecule has 0 bridgehead atoms. The Morgan fingerprint density at radius 1 is 1.44 bits per heavy atom. The Kier molecular flexibility index (Phi) is 3.23. The van der Waals surface area contributed by atoms with Crippen molar-refractivity contribution in [1.29, 1.82) is 5.26 Å². The summed E-state index contributed by atoms with van der Waals surface area (Å²) in [5, 5.41) is 19.1. The highest BCUT2D eigenvalue weighted by Gasteiger charge is 2.39. The lowest BCUT2D eigenvalue weighted by molar-refractivity contribution is -0.388. The third-order valence-electron chi connectivity index (χ3n) is 2.02. The second kappa shape index (κ2) is 4.33. The quantitative estimate of drug-likeness (QED) is 0.642. The molecule has 0 aliphatic carbocycles. The van der Waals surface area contributed by atoms with Crippen LogP contribution in [0.15, 0.2) is 12.1 Å². The van der Waals surface area contributed by atoms with Crippen molar-refractivity contribution in [3.05, 3.63) is 38.9 Å². The van der Waals surface area contributed by atoms with Crippen LogP contribution >= 0.6 is 0 Å². The standard InChI is InChI=1S/C9H4F3N3O3/c10-9(11,12)6-1-4(3-13)5(8(14)16)2-7(6)15(17)18/h1-2H,(H2,14,16). The maximum atomic E-state index is 12.5. The summed E-state index contributed by atoms with van der Waals surface area (Å²) in [7, 11) is 0. The fraction of sp³-hybridized carbons (Fsp3) is 0.111. The summed E-state index contributed by atoms with van der Waals surface area (Å²) >= 11 is 0. The highest BCUT2D eigenvalue weighted by Crippen LogP contribution is 2.37. The number of benzene rings is 1. The zero-order chi connectivity index (χ0) is 14.1. The molecule has 0 saturated heterocycles. The smallest absolute Gasteiger partial charge is 0.366 e. The van der Waals surface area contributed by atoms with Crippen molar-refractivity contribution in [2.24, 2.45) is 5.73 Å². The number of primary amides is 1. The second-order valence-corrected chi connectivity index (χ2v) is 3.15. The van der Waals surface area contributed by atoms with E-state index in [4.69, 9.17) is 11.0 Å². The number of halogens is 3. The van der Waals surface area contributed by atoms with E-state index in [2.05, 4.69) is 0 Å². The Labute approximate surface area is 97.6 Å². The third-order valence-corrected chi connectivity index (χ3v) is 2.02. The number of nitriles is 1. The normalized spacial score (nSPS) is 10.8. The summed E-state index contributed by atoms with van der Waals surface area (Å²) in [5.74, 6) is -1.22. The van der Waals surface area contributed by atoms with E-state index in [0.717, 1.165) is 0 Å². The van der Waals surface area contributed by atoms with Crippen molar-refractivity contribution in [2.45, 2.75) is 6.18 Å². The molecule has 6 nitrogen and oxygen atoms in total. The number of hydrogen-bond acceptors (Lipinski definition) is 4. The summed E-state index contributed by atoms with van der Waals surface area (Å²) in [6.45, 7) is 0. The maximum absolute atomic E-state index is 12.5. The Morgan fingerprint density at radius 3 is 2.33 bits per heavy atom. The molecule has 0 atom stereocenters. The molecule has 1 rings (SSSR count). The number of nitrogens with zero attached hydrogens (tertiary/aromatic N) is 2. The molecule has 0 aromatic heterocycles. The molecule has 0 fully saturated rings. The molecule has 0 aliphatic heterocycles. The Hall–Kier alpha value is -2.63. The van der Waals surface area contributed by atoms with Gasteiger partial charge in [0, 0.05) is 6.07 Å². The van der Waals surface area contributed by atoms with Crippen molar-refractivity contribution < 1.29 is 22.9 Å². The van der Waals surface area contributed by atoms with Gasteiger partial charge in [0.05, 0.1) is 22.1 Å². The third kappa shape index (κ3) is 2.37. The molecule has 0 aliphatic rings. The summed E-state index contributed by atoms with van der Waals surface area (Å²) in [5.41, 5.74) is 0.604. The number of rotatable bonds is 2. The molecule has 1 aromatic carbocycles. The van der Waals surface area contributed by atoms with Crippen molar-refractivity contribution >= 4 is 11.6 Å². The Morgan fingerprint density at radius 2 is 2.00 bits per heavy atom. The molecular weight excluding hydrogens is 255 g/mol. The van der Waals surface area contributed by atoms with Gasteiger partial charge in [-0.25, -0.2) is 0 Å². The van der Waals surface area contributed by atoms with Gasteiger partial charge in [-0.05, 0) is 6.07 Å². The van der Waals surface area contributed by atoms with Gasteiger partial charge in [-0.15, -0.1) is 0 Å². The van der Waals surface area contributed by atoms with Gasteiger partial charge in [0.25, 0.3) is 5.69 Å². The lowest BCUT2D eigenvalue weighted by Crippen LogP contribution is -2.16. The number of nitrogens with two attached hydrogens (primary N) is 1. The van der Waals surface area contributed by atoms with Crippen molar-refractivity contribution in [1.82, 2.24) is 0 Å². The minimum absolute atomic E-state index is 0.234. The number of carbonyl (C=O) groups is 1. The lowest BCUT2D eigenvalue weighted by Gasteiger charge is -2.09. The minimum atomic E-state index is -5.01. The van der Waals surface area contributed by atoms with Crippen LogP contribution in [0.4, 0.5) is 18.9 Å². The largest absolute Gasteiger partial charge is 0.423 e. The van der Waals surface area contributed by atoms with Gasteiger partial charge in [-0.2, -0.15) is 18.4 Å². The van der Waals surface area contributed by atoms with Crippen LogP contribution in [0.2, 0.25) is 0 Å². The highest BCUT2D eigenvalue weighted by atomic mass is 19.4. The SMILES string of the molecule is N#Cc1cc(C(F)(F)F)c([N+](=O)[O-])cc1C(N)=O. The molecule has 2 N–H and O–H groups in total. The van der Waals surface area contributed by atoms with Crippen LogP contribution in [0.5, 0.6) is 0 Å². The number of nitro benzene ring substituents is 1. The molecule has 1 aromatic rings. The van der Waals surface area contributed by atoms with E-state index in [-0.39, 0.29) is 6.07 Å². The Bertz CT molecular complexity index is 575. The zero-order valence-corrected chi connectivity index (χ0v) is 8.49. The van der Waals surface area contributed by atoms with Crippen molar-refractivity contribution in [3.63, 3.8) is 0 Å². The van der Waals surface area contributed by atoms with Crippen molar-refractivity contribution in [3.8, 4) is 6.07 Å². The van der Waals surface area contributed by atoms with Crippen LogP contribution in [0, 0.1) is 21.4 Å². The second-order valence-electron chi connectivity index (χ2n) is 3.15. The number of hydrogen-bond donors (Lipinski definition) is 1. The van der Waals surface area contributed by atoms with Crippen LogP contribution < -0.4 is 5.73 Å². The molecule has 18 heavy (non-hydrogen) atoms. The predicted molar refractivity (Wildman–Crippen MR) is 51.3 cm³/mol. The van der Waals surface area contributed by atoms with E-state index in [0.29, 0.717) is 6.07 Å². The number of amides is 1. The van der Waals surface area contributed by atoms with E-state index in [1.807, 2.05) is 0 Å². The van der Waals surface area contributed by atoms with E-state index in [1.54, 1.807) is 0 Å². The molecule has 0 saturated carbocycles. The number of alkyl halides is 3. The van der Waals surface area contributed by atoms with Gasteiger partial charge in [0.1, 0.15) is 5.56 Å². The van der Waals surface area contributed by atoms with Crippen LogP contribution in [0.3, 0.4) is 0 Å². The van der Waals surface area contributed by atoms with Gasteiger partial charge < -0.3 is 5.73 Å². The first-order valence-electron chi connectivity index (χ1n) is 4.28. The zero-order valence-electron chi connectivity index (χ0n) is 8.49. The molecule has 9 heteroatoms. The van der Waals surface area contributed by atoms with Crippen LogP contribution in [-0.4, -0.2) is 10.8 Å². The first-order chi connectivity index (χ1) is 8.18. The summed E-state index contributed by atoms with van der Waals surface area (Å²) in [6, 6.07) is 1.92. The van der Waals surface area contributed by atoms with E-state index in [9.17, 15) is 28.1 Å². The van der Waals surface area contributed by atoms with Gasteiger partial charge in [-0.3, -0.25) is 14.9 Å². The summed E-state index contributed by atoms with van der Waals surface area (Å²) in [4.78, 5) is 20.1. The molecule has 94 valence electrons. The van der Waals surface area contributed by atoms with Gasteiger partial charge in [-0.1, -0.05) is 0 Å². The first kappa shape index (κ1) is 13.4.